The molecule has 0 aromatic heterocycles. The Morgan fingerprint density at radius 3 is 2.67 bits per heavy atom. The van der Waals surface area contributed by atoms with Gasteiger partial charge in [-0.05, 0) is 49.0 Å². The van der Waals surface area contributed by atoms with Crippen LogP contribution in [0.5, 0.6) is 0 Å². The van der Waals surface area contributed by atoms with Crippen molar-refractivity contribution >= 4 is 35.7 Å². The van der Waals surface area contributed by atoms with Gasteiger partial charge in [0.05, 0.1) is 18.1 Å². The summed E-state index contributed by atoms with van der Waals surface area (Å²) in [4.78, 5) is 27.8. The summed E-state index contributed by atoms with van der Waals surface area (Å²) >= 11 is 1.35. The molecule has 8 nitrogen and oxygen atoms in total. The van der Waals surface area contributed by atoms with E-state index in [1.54, 1.807) is 0 Å². The maximum atomic E-state index is 13.5. The van der Waals surface area contributed by atoms with Gasteiger partial charge in [-0.2, -0.15) is 5.10 Å². The molecular weight excluding hydrogens is 512 g/mol. The van der Waals surface area contributed by atoms with E-state index < -0.39 is 23.0 Å². The number of benzene rings is 1. The van der Waals surface area contributed by atoms with Gasteiger partial charge in [0.25, 0.3) is 0 Å². The first kappa shape index (κ1) is 29.3. The molecule has 3 unspecified atom stereocenters. The first-order valence-corrected chi connectivity index (χ1v) is 14.7. The Bertz CT molecular complexity index is 1180. The second-order valence-corrected chi connectivity index (χ2v) is 13.2. The van der Waals surface area contributed by atoms with Crippen LogP contribution in [0.25, 0.3) is 0 Å². The van der Waals surface area contributed by atoms with Crippen molar-refractivity contribution in [1.29, 1.82) is 0 Å². The van der Waals surface area contributed by atoms with Gasteiger partial charge in [-0.3, -0.25) is 9.59 Å². The van der Waals surface area contributed by atoms with Crippen LogP contribution in [0.1, 0.15) is 65.4 Å². The van der Waals surface area contributed by atoms with Gasteiger partial charge < -0.3 is 21.3 Å². The van der Waals surface area contributed by atoms with Crippen LogP contribution in [0.4, 0.5) is 0 Å². The largest absolute Gasteiger partial charge is 0.461 e. The van der Waals surface area contributed by atoms with Crippen molar-refractivity contribution in [1.82, 2.24) is 0 Å². The fraction of sp³-hybridized carbons (Fsp3) is 0.600. The van der Waals surface area contributed by atoms with Crippen molar-refractivity contribution < 1.29 is 19.4 Å². The van der Waals surface area contributed by atoms with E-state index in [9.17, 15) is 14.7 Å². The molecule has 0 amide bonds. The number of hydrogen-bond acceptors (Lipinski definition) is 7. The lowest BCUT2D eigenvalue weighted by Crippen LogP contribution is -2.63. The predicted molar refractivity (Wildman–Crippen MR) is 155 cm³/mol. The highest BCUT2D eigenvalue weighted by Crippen LogP contribution is 2.68. The van der Waals surface area contributed by atoms with E-state index in [4.69, 9.17) is 16.2 Å². The third-order valence-corrected chi connectivity index (χ3v) is 11.3. The van der Waals surface area contributed by atoms with Crippen molar-refractivity contribution in [3.8, 4) is 0 Å². The number of carbonyl (C=O) groups excluding carboxylic acids is 2. The van der Waals surface area contributed by atoms with Crippen molar-refractivity contribution in [2.75, 3.05) is 5.75 Å². The van der Waals surface area contributed by atoms with Gasteiger partial charge in [-0.15, -0.1) is 23.4 Å². The predicted octanol–water partition coefficient (Wildman–Crippen LogP) is 4.29. The van der Waals surface area contributed by atoms with Crippen LogP contribution in [-0.2, 0) is 14.3 Å². The molecule has 0 saturated heterocycles. The zero-order valence-corrected chi connectivity index (χ0v) is 24.2. The molecule has 1 aromatic rings. The van der Waals surface area contributed by atoms with Crippen LogP contribution in [-0.4, -0.2) is 47.0 Å². The minimum absolute atomic E-state index is 0.0619. The third kappa shape index (κ3) is 5.15. The molecule has 3 fully saturated rings. The molecule has 8 atom stereocenters. The molecule has 0 spiro atoms. The van der Waals surface area contributed by atoms with Gasteiger partial charge in [0.2, 0.25) is 5.96 Å². The summed E-state index contributed by atoms with van der Waals surface area (Å²) in [5, 5.41) is 19.2. The summed E-state index contributed by atoms with van der Waals surface area (Å²) in [7, 11) is 0. The zero-order chi connectivity index (χ0) is 28.6. The number of guanidine groups is 1. The molecule has 1 aromatic carbocycles. The van der Waals surface area contributed by atoms with Crippen molar-refractivity contribution in [2.24, 2.45) is 55.7 Å². The van der Waals surface area contributed by atoms with Crippen LogP contribution >= 0.6 is 11.8 Å². The van der Waals surface area contributed by atoms with Gasteiger partial charge in [0.15, 0.2) is 0 Å². The summed E-state index contributed by atoms with van der Waals surface area (Å²) in [5.41, 5.74) is 9.99. The highest BCUT2D eigenvalue weighted by atomic mass is 32.2. The van der Waals surface area contributed by atoms with Gasteiger partial charge in [-0.1, -0.05) is 52.0 Å². The van der Waals surface area contributed by atoms with Gasteiger partial charge in [-0.25, -0.2) is 0 Å². The molecule has 2 bridgehead atoms. The molecule has 9 heteroatoms. The van der Waals surface area contributed by atoms with Crippen molar-refractivity contribution in [3.63, 3.8) is 0 Å². The monoisotopic (exact) mass is 554 g/mol. The number of aliphatic hydroxyl groups excluding tert-OH is 1. The van der Waals surface area contributed by atoms with E-state index >= 15 is 0 Å². The molecule has 212 valence electrons. The maximum Gasteiger partial charge on any atom is 0.316 e. The van der Waals surface area contributed by atoms with E-state index in [0.29, 0.717) is 12.8 Å². The second kappa shape index (κ2) is 11.1. The molecule has 39 heavy (non-hydrogen) atoms. The van der Waals surface area contributed by atoms with Crippen LogP contribution < -0.4 is 11.5 Å². The fourth-order valence-electron chi connectivity index (χ4n) is 7.71. The number of nitrogens with two attached hydrogens (primary N) is 2. The Hall–Kier alpha value is -2.65. The smallest absolute Gasteiger partial charge is 0.316 e. The van der Waals surface area contributed by atoms with Crippen LogP contribution in [0, 0.1) is 34.0 Å². The number of esters is 1. The van der Waals surface area contributed by atoms with E-state index in [1.807, 2.05) is 37.3 Å². The van der Waals surface area contributed by atoms with Crippen molar-refractivity contribution in [3.05, 3.63) is 42.5 Å². The molecule has 3 aliphatic rings. The van der Waals surface area contributed by atoms with Crippen LogP contribution in [0.15, 0.2) is 52.0 Å². The summed E-state index contributed by atoms with van der Waals surface area (Å²) in [6.07, 6.45) is 5.69. The van der Waals surface area contributed by atoms with Gasteiger partial charge in [0.1, 0.15) is 11.9 Å². The average molecular weight is 555 g/mol. The Kier molecular flexibility index (Phi) is 8.34. The molecular formula is C30H42N4O4S. The lowest BCUT2D eigenvalue weighted by atomic mass is 9.44. The van der Waals surface area contributed by atoms with E-state index in [-0.39, 0.29) is 46.6 Å². The van der Waals surface area contributed by atoms with Crippen molar-refractivity contribution in [2.45, 2.75) is 76.9 Å². The molecule has 4 rings (SSSR count). The standard InChI is InChI=1S/C30H42N4O4S/c1-6-28(4)15-23(38-24(36)17-39-22-10-8-7-9-20(22)16-33-34-27(31)32)29(5)18(2)11-13-30(19(3)26(28)37)14-12-21(35)25(29)30/h6-10,16,18-19,23,25-26,37H,1,11-15,17H2,2-5H3,(H4,31,32,34)/t18?,19-,23+,25?,26-,28+,29-,30?/m0/s1. The van der Waals surface area contributed by atoms with E-state index in [1.165, 1.54) is 18.0 Å². The third-order valence-electron chi connectivity index (χ3n) is 10.2. The Balaban J connectivity index is 1.63. The second-order valence-electron chi connectivity index (χ2n) is 12.2. The number of aliphatic hydroxyl groups is 1. The number of hydrogen-bond donors (Lipinski definition) is 3. The zero-order valence-electron chi connectivity index (χ0n) is 23.4. The molecule has 3 saturated carbocycles. The number of nitrogens with zero attached hydrogens (tertiary/aromatic N) is 2. The lowest BCUT2D eigenvalue weighted by molar-refractivity contribution is -0.205. The van der Waals surface area contributed by atoms with Crippen LogP contribution in [0.3, 0.4) is 0 Å². The number of ketones is 1. The first-order chi connectivity index (χ1) is 18.4. The summed E-state index contributed by atoms with van der Waals surface area (Å²) in [5.74, 6) is -0.284. The molecule has 0 radical (unpaired) electrons. The number of ether oxygens (including phenoxy) is 1. The number of thioether (sulfide) groups is 1. The highest BCUT2D eigenvalue weighted by Gasteiger charge is 2.68. The highest BCUT2D eigenvalue weighted by molar-refractivity contribution is 8.00. The number of carbonyl (C=O) groups is 2. The quantitative estimate of drug-likeness (QED) is 0.114. The maximum absolute atomic E-state index is 13.5. The van der Waals surface area contributed by atoms with E-state index in [0.717, 1.165) is 29.7 Å². The Morgan fingerprint density at radius 2 is 1.97 bits per heavy atom. The normalized spacial score (nSPS) is 38.0. The summed E-state index contributed by atoms with van der Waals surface area (Å²) in [6, 6.07) is 7.51. The Morgan fingerprint density at radius 1 is 1.26 bits per heavy atom. The minimum Gasteiger partial charge on any atom is -0.461 e. The SMILES string of the molecule is C=C[C@]1(C)C[C@@H](OC(=O)CSc2ccccc2C=NN=C(N)N)[C@]2(C)C(C)CCC3(CCC(=O)C32)[C@@H](C)[C@@H]1O. The molecule has 5 N–H and O–H groups in total. The first-order valence-electron chi connectivity index (χ1n) is 13.8. The fourth-order valence-corrected chi connectivity index (χ4v) is 8.51. The van der Waals surface area contributed by atoms with Crippen LogP contribution in [0.2, 0.25) is 0 Å². The summed E-state index contributed by atoms with van der Waals surface area (Å²) in [6.45, 7) is 12.5. The number of rotatable bonds is 7. The lowest BCUT2D eigenvalue weighted by Gasteiger charge is -2.61. The van der Waals surface area contributed by atoms with E-state index in [2.05, 4.69) is 37.6 Å². The average Bonchev–Trinajstić information content (AvgIpc) is 3.26. The van der Waals surface area contributed by atoms with Gasteiger partial charge in [0, 0.05) is 33.6 Å². The minimum atomic E-state index is -0.687. The van der Waals surface area contributed by atoms with Gasteiger partial charge >= 0.3 is 5.97 Å². The summed E-state index contributed by atoms with van der Waals surface area (Å²) < 4.78 is 6.33. The Labute approximate surface area is 235 Å². The molecule has 3 aliphatic carbocycles. The topological polar surface area (TPSA) is 140 Å². The molecule has 0 heterocycles. The number of Topliss-reactive ketones (excluding diaryl/α,β-unsaturated/α-hetero) is 1. The molecule has 0 aliphatic heterocycles.